The van der Waals surface area contributed by atoms with Crippen LogP contribution in [0.4, 0.5) is 0 Å². The van der Waals surface area contributed by atoms with E-state index in [0.29, 0.717) is 11.9 Å². The highest BCUT2D eigenvalue weighted by Gasteiger charge is 2.32. The minimum Gasteiger partial charge on any atom is -0.480 e. The average Bonchev–Trinajstić information content (AvgIpc) is 2.51. The molecule has 1 aromatic rings. The number of amides is 1. The molecular formula is C17H26BNO5. The summed E-state index contributed by atoms with van der Waals surface area (Å²) in [6.07, 6.45) is 1.90. The molecule has 1 rings (SSSR count). The highest BCUT2D eigenvalue weighted by molar-refractivity contribution is 6.58. The van der Waals surface area contributed by atoms with E-state index in [1.54, 1.807) is 38.1 Å². The van der Waals surface area contributed by atoms with Crippen molar-refractivity contribution < 1.29 is 24.7 Å². The van der Waals surface area contributed by atoms with Crippen LogP contribution in [0.25, 0.3) is 0 Å². The van der Waals surface area contributed by atoms with Crippen LogP contribution in [0.1, 0.15) is 45.6 Å². The van der Waals surface area contributed by atoms with Crippen molar-refractivity contribution in [1.82, 2.24) is 4.90 Å². The van der Waals surface area contributed by atoms with Gasteiger partial charge < -0.3 is 20.1 Å². The van der Waals surface area contributed by atoms with Crippen LogP contribution in [0.5, 0.6) is 0 Å². The standard InChI is InChI=1S/C17H26BNO5/c1-4-5-6-15(20)19(16(12(2)3)17(21)22)11-13-7-9-14(10-8-13)18(23)24/h7-10,12,16,23-24H,4-6,11H2,1-3H3,(H,21,22). The molecule has 0 aromatic heterocycles. The Bertz CT molecular complexity index is 544. The van der Waals surface area contributed by atoms with Crippen LogP contribution >= 0.6 is 0 Å². The zero-order valence-corrected chi connectivity index (χ0v) is 14.5. The summed E-state index contributed by atoms with van der Waals surface area (Å²) in [5.74, 6) is -1.41. The molecule has 0 aliphatic heterocycles. The molecule has 0 bridgehead atoms. The predicted octanol–water partition coefficient (Wildman–Crippen LogP) is 0.994. The van der Waals surface area contributed by atoms with Gasteiger partial charge in [0.2, 0.25) is 5.91 Å². The maximum atomic E-state index is 12.5. The highest BCUT2D eigenvalue weighted by atomic mass is 16.4. The molecule has 3 N–H and O–H groups in total. The number of hydrogen-bond donors (Lipinski definition) is 3. The molecule has 0 spiro atoms. The first kappa shape index (κ1) is 20.2. The third-order valence-corrected chi connectivity index (χ3v) is 3.92. The molecule has 1 unspecified atom stereocenters. The zero-order valence-electron chi connectivity index (χ0n) is 14.5. The van der Waals surface area contributed by atoms with Crippen molar-refractivity contribution in [2.45, 2.75) is 52.6 Å². The lowest BCUT2D eigenvalue weighted by Gasteiger charge is -2.32. The van der Waals surface area contributed by atoms with E-state index in [4.69, 9.17) is 10.0 Å². The van der Waals surface area contributed by atoms with E-state index in [1.807, 2.05) is 6.92 Å². The molecule has 24 heavy (non-hydrogen) atoms. The Hall–Kier alpha value is -1.86. The number of unbranched alkanes of at least 4 members (excludes halogenated alkanes) is 1. The molecule has 0 aliphatic rings. The average molecular weight is 335 g/mol. The smallest absolute Gasteiger partial charge is 0.480 e. The summed E-state index contributed by atoms with van der Waals surface area (Å²) in [6, 6.07) is 5.57. The molecule has 0 heterocycles. The van der Waals surface area contributed by atoms with Crippen molar-refractivity contribution in [3.8, 4) is 0 Å². The Morgan fingerprint density at radius 1 is 1.17 bits per heavy atom. The SMILES string of the molecule is CCCCC(=O)N(Cc1ccc(B(O)O)cc1)C(C(=O)O)C(C)C. The summed E-state index contributed by atoms with van der Waals surface area (Å²) in [4.78, 5) is 25.6. The minimum absolute atomic E-state index is 0.177. The number of nitrogens with zero attached hydrogens (tertiary/aromatic N) is 1. The Labute approximate surface area is 143 Å². The van der Waals surface area contributed by atoms with Crippen molar-refractivity contribution in [2.75, 3.05) is 0 Å². The lowest BCUT2D eigenvalue weighted by Crippen LogP contribution is -2.47. The van der Waals surface area contributed by atoms with Crippen LogP contribution in [0.2, 0.25) is 0 Å². The summed E-state index contributed by atoms with van der Waals surface area (Å²) < 4.78 is 0. The van der Waals surface area contributed by atoms with Crippen LogP contribution in [-0.2, 0) is 16.1 Å². The molecule has 1 amide bonds. The third-order valence-electron chi connectivity index (χ3n) is 3.92. The van der Waals surface area contributed by atoms with E-state index >= 15 is 0 Å². The molecule has 132 valence electrons. The number of carbonyl (C=O) groups is 2. The number of carboxylic acids is 1. The van der Waals surface area contributed by atoms with E-state index in [2.05, 4.69) is 0 Å². The Balaban J connectivity index is 3.03. The fourth-order valence-corrected chi connectivity index (χ4v) is 2.58. The van der Waals surface area contributed by atoms with Gasteiger partial charge in [0.05, 0.1) is 0 Å². The molecular weight excluding hydrogens is 309 g/mol. The fourth-order valence-electron chi connectivity index (χ4n) is 2.58. The van der Waals surface area contributed by atoms with Crippen LogP contribution in [0, 0.1) is 5.92 Å². The van der Waals surface area contributed by atoms with E-state index in [1.165, 1.54) is 4.90 Å². The van der Waals surface area contributed by atoms with E-state index in [-0.39, 0.29) is 18.4 Å². The highest BCUT2D eigenvalue weighted by Crippen LogP contribution is 2.17. The zero-order chi connectivity index (χ0) is 18.3. The number of rotatable bonds is 9. The van der Waals surface area contributed by atoms with Crippen molar-refractivity contribution in [2.24, 2.45) is 5.92 Å². The van der Waals surface area contributed by atoms with Gasteiger partial charge in [-0.15, -0.1) is 0 Å². The van der Waals surface area contributed by atoms with Crippen molar-refractivity contribution in [3.63, 3.8) is 0 Å². The molecule has 0 radical (unpaired) electrons. The number of carboxylic acid groups (broad SMARTS) is 1. The second kappa shape index (κ2) is 9.44. The molecule has 7 heteroatoms. The van der Waals surface area contributed by atoms with Crippen LogP contribution in [0.15, 0.2) is 24.3 Å². The summed E-state index contributed by atoms with van der Waals surface area (Å²) in [7, 11) is -1.55. The Morgan fingerprint density at radius 3 is 2.17 bits per heavy atom. The second-order valence-electron chi connectivity index (χ2n) is 6.27. The van der Waals surface area contributed by atoms with Gasteiger partial charge in [0.25, 0.3) is 0 Å². The van der Waals surface area contributed by atoms with Crippen molar-refractivity contribution in [3.05, 3.63) is 29.8 Å². The van der Waals surface area contributed by atoms with Crippen LogP contribution in [0.3, 0.4) is 0 Å². The Kier molecular flexibility index (Phi) is 7.94. The molecule has 0 aliphatic carbocycles. The van der Waals surface area contributed by atoms with Gasteiger partial charge in [0.1, 0.15) is 6.04 Å². The first-order chi connectivity index (χ1) is 11.3. The Morgan fingerprint density at radius 2 is 1.75 bits per heavy atom. The molecule has 1 atom stereocenters. The monoisotopic (exact) mass is 335 g/mol. The topological polar surface area (TPSA) is 98.1 Å². The summed E-state index contributed by atoms with van der Waals surface area (Å²) in [6.45, 7) is 5.72. The van der Waals surface area contributed by atoms with Gasteiger partial charge in [-0.2, -0.15) is 0 Å². The quantitative estimate of drug-likeness (QED) is 0.585. The van der Waals surface area contributed by atoms with Crippen molar-refractivity contribution in [1.29, 1.82) is 0 Å². The second-order valence-corrected chi connectivity index (χ2v) is 6.27. The molecule has 1 aromatic carbocycles. The first-order valence-electron chi connectivity index (χ1n) is 8.25. The van der Waals surface area contributed by atoms with Gasteiger partial charge in [-0.05, 0) is 23.4 Å². The van der Waals surface area contributed by atoms with E-state index in [0.717, 1.165) is 18.4 Å². The number of benzene rings is 1. The number of hydrogen-bond acceptors (Lipinski definition) is 4. The largest absolute Gasteiger partial charge is 0.488 e. The van der Waals surface area contributed by atoms with E-state index < -0.39 is 19.1 Å². The number of carbonyl (C=O) groups excluding carboxylic acids is 1. The summed E-state index contributed by atoms with van der Waals surface area (Å²) >= 11 is 0. The molecule has 0 saturated heterocycles. The predicted molar refractivity (Wildman–Crippen MR) is 92.6 cm³/mol. The third kappa shape index (κ3) is 5.65. The maximum Gasteiger partial charge on any atom is 0.488 e. The van der Waals surface area contributed by atoms with Gasteiger partial charge >= 0.3 is 13.1 Å². The van der Waals surface area contributed by atoms with Gasteiger partial charge in [0, 0.05) is 13.0 Å². The molecule has 0 fully saturated rings. The van der Waals surface area contributed by atoms with Gasteiger partial charge in [0.15, 0.2) is 0 Å². The summed E-state index contributed by atoms with van der Waals surface area (Å²) in [5.41, 5.74) is 1.09. The molecule has 6 nitrogen and oxygen atoms in total. The molecule has 0 saturated carbocycles. The van der Waals surface area contributed by atoms with Gasteiger partial charge in [-0.25, -0.2) is 4.79 Å². The normalized spacial score (nSPS) is 12.1. The maximum absolute atomic E-state index is 12.5. The van der Waals surface area contributed by atoms with Crippen LogP contribution in [-0.4, -0.2) is 45.1 Å². The minimum atomic E-state index is -1.55. The van der Waals surface area contributed by atoms with Crippen molar-refractivity contribution >= 4 is 24.5 Å². The summed E-state index contributed by atoms with van der Waals surface area (Å²) in [5, 5.41) is 27.8. The van der Waals surface area contributed by atoms with Crippen LogP contribution < -0.4 is 5.46 Å². The van der Waals surface area contributed by atoms with Gasteiger partial charge in [-0.1, -0.05) is 51.5 Å². The van der Waals surface area contributed by atoms with E-state index in [9.17, 15) is 14.7 Å². The van der Waals surface area contributed by atoms with Gasteiger partial charge in [-0.3, -0.25) is 4.79 Å². The lowest BCUT2D eigenvalue weighted by molar-refractivity contribution is -0.153. The lowest BCUT2D eigenvalue weighted by atomic mass is 9.80. The fraction of sp³-hybridized carbons (Fsp3) is 0.529. The number of aliphatic carboxylic acids is 1. The first-order valence-corrected chi connectivity index (χ1v) is 8.25.